The van der Waals surface area contributed by atoms with Crippen LogP contribution in [0.2, 0.25) is 0 Å². The molecular formula is C17H18O5S. The Morgan fingerprint density at radius 2 is 1.52 bits per heavy atom. The van der Waals surface area contributed by atoms with E-state index in [4.69, 9.17) is 4.18 Å². The van der Waals surface area contributed by atoms with E-state index >= 15 is 0 Å². The predicted octanol–water partition coefficient (Wildman–Crippen LogP) is 2.73. The zero-order valence-corrected chi connectivity index (χ0v) is 13.8. The zero-order valence-electron chi connectivity index (χ0n) is 13.0. The molecule has 0 aliphatic heterocycles. The molecule has 23 heavy (non-hydrogen) atoms. The summed E-state index contributed by atoms with van der Waals surface area (Å²) in [5.41, 5.74) is 1.77. The molecule has 0 saturated heterocycles. The van der Waals surface area contributed by atoms with Crippen LogP contribution >= 0.6 is 0 Å². The van der Waals surface area contributed by atoms with Gasteiger partial charge in [0.2, 0.25) is 0 Å². The van der Waals surface area contributed by atoms with Crippen LogP contribution in [0.1, 0.15) is 18.1 Å². The third kappa shape index (κ3) is 4.56. The van der Waals surface area contributed by atoms with Crippen molar-refractivity contribution in [2.24, 2.45) is 0 Å². The van der Waals surface area contributed by atoms with Crippen molar-refractivity contribution in [1.29, 1.82) is 0 Å². The molecule has 0 saturated carbocycles. The molecule has 122 valence electrons. The Bertz CT molecular complexity index is 762. The Balaban J connectivity index is 2.12. The number of ether oxygens (including phenoxy) is 1. The zero-order chi connectivity index (χ0) is 16.9. The van der Waals surface area contributed by atoms with Gasteiger partial charge < -0.3 is 8.92 Å². The predicted molar refractivity (Wildman–Crippen MR) is 85.8 cm³/mol. The number of carbonyl (C=O) groups is 1. The molecule has 0 atom stereocenters. The van der Waals surface area contributed by atoms with Crippen LogP contribution in [0.25, 0.3) is 0 Å². The van der Waals surface area contributed by atoms with E-state index in [-0.39, 0.29) is 23.0 Å². The van der Waals surface area contributed by atoms with Crippen molar-refractivity contribution in [3.63, 3.8) is 0 Å². The summed E-state index contributed by atoms with van der Waals surface area (Å²) in [7, 11) is -2.55. The van der Waals surface area contributed by atoms with E-state index in [0.717, 1.165) is 12.0 Å². The minimum Gasteiger partial charge on any atom is -0.469 e. The lowest BCUT2D eigenvalue weighted by molar-refractivity contribution is -0.139. The van der Waals surface area contributed by atoms with Gasteiger partial charge in [-0.25, -0.2) is 0 Å². The molecule has 0 aliphatic carbocycles. The van der Waals surface area contributed by atoms with Gasteiger partial charge in [0.15, 0.2) is 0 Å². The maximum atomic E-state index is 12.2. The van der Waals surface area contributed by atoms with Crippen molar-refractivity contribution in [3.8, 4) is 5.75 Å². The fourth-order valence-corrected chi connectivity index (χ4v) is 2.90. The van der Waals surface area contributed by atoms with Crippen molar-refractivity contribution in [3.05, 3.63) is 59.7 Å². The van der Waals surface area contributed by atoms with E-state index in [1.54, 1.807) is 24.3 Å². The number of aryl methyl sites for hydroxylation is 1. The maximum Gasteiger partial charge on any atom is 0.339 e. The second-order valence-corrected chi connectivity index (χ2v) is 6.48. The summed E-state index contributed by atoms with van der Waals surface area (Å²) in [5.74, 6) is -0.166. The number of methoxy groups -OCH3 is 1. The summed E-state index contributed by atoms with van der Waals surface area (Å²) in [6.45, 7) is 2.00. The monoisotopic (exact) mass is 334 g/mol. The minimum atomic E-state index is -3.87. The van der Waals surface area contributed by atoms with Crippen molar-refractivity contribution < 1.29 is 22.1 Å². The lowest BCUT2D eigenvalue weighted by Crippen LogP contribution is -2.10. The van der Waals surface area contributed by atoms with Crippen molar-refractivity contribution in [1.82, 2.24) is 0 Å². The van der Waals surface area contributed by atoms with Gasteiger partial charge >= 0.3 is 16.1 Å². The van der Waals surface area contributed by atoms with E-state index in [0.29, 0.717) is 5.56 Å². The van der Waals surface area contributed by atoms with Gasteiger partial charge in [-0.2, -0.15) is 8.42 Å². The van der Waals surface area contributed by atoms with Crippen molar-refractivity contribution in [2.75, 3.05) is 7.11 Å². The van der Waals surface area contributed by atoms with Gasteiger partial charge in [0, 0.05) is 0 Å². The summed E-state index contributed by atoms with van der Waals surface area (Å²) < 4.78 is 34.1. The van der Waals surface area contributed by atoms with Crippen LogP contribution in [0.3, 0.4) is 0 Å². The largest absolute Gasteiger partial charge is 0.469 e. The lowest BCUT2D eigenvalue weighted by atomic mass is 10.1. The van der Waals surface area contributed by atoms with Gasteiger partial charge in [-0.1, -0.05) is 31.2 Å². The fourth-order valence-electron chi connectivity index (χ4n) is 1.97. The third-order valence-electron chi connectivity index (χ3n) is 3.33. The molecule has 0 radical (unpaired) electrons. The number of benzene rings is 2. The number of rotatable bonds is 6. The smallest absolute Gasteiger partial charge is 0.339 e. The van der Waals surface area contributed by atoms with Crippen LogP contribution in [0, 0.1) is 0 Å². The quantitative estimate of drug-likeness (QED) is 0.600. The average molecular weight is 334 g/mol. The number of hydrogen-bond acceptors (Lipinski definition) is 5. The van der Waals surface area contributed by atoms with Crippen LogP contribution in [0.15, 0.2) is 53.4 Å². The highest BCUT2D eigenvalue weighted by Crippen LogP contribution is 2.20. The van der Waals surface area contributed by atoms with Gasteiger partial charge in [-0.05, 0) is 41.8 Å². The highest BCUT2D eigenvalue weighted by atomic mass is 32.2. The molecule has 2 rings (SSSR count). The standard InChI is InChI=1S/C17H18O5S/c1-3-13-6-10-16(11-7-13)23(19,20)22-15-8-4-14(5-9-15)12-17(18)21-2/h4-11H,3,12H2,1-2H3. The summed E-state index contributed by atoms with van der Waals surface area (Å²) in [6, 6.07) is 12.8. The topological polar surface area (TPSA) is 69.7 Å². The minimum absolute atomic E-state index is 0.105. The average Bonchev–Trinajstić information content (AvgIpc) is 2.56. The molecule has 0 bridgehead atoms. The fraction of sp³-hybridized carbons (Fsp3) is 0.235. The molecule has 0 aliphatic rings. The second kappa shape index (κ2) is 7.28. The Labute approximate surface area is 136 Å². The van der Waals surface area contributed by atoms with E-state index in [2.05, 4.69) is 4.74 Å². The molecule has 0 amide bonds. The van der Waals surface area contributed by atoms with Gasteiger partial charge in [0.05, 0.1) is 13.5 Å². The first-order valence-corrected chi connectivity index (χ1v) is 8.54. The van der Waals surface area contributed by atoms with Gasteiger partial charge in [-0.3, -0.25) is 4.79 Å². The van der Waals surface area contributed by atoms with Gasteiger partial charge in [0.25, 0.3) is 0 Å². The molecule has 0 spiro atoms. The third-order valence-corrected chi connectivity index (χ3v) is 4.59. The molecule has 2 aromatic rings. The molecule has 5 nitrogen and oxygen atoms in total. The first-order valence-electron chi connectivity index (χ1n) is 7.14. The summed E-state index contributed by atoms with van der Waals surface area (Å²) in [6.07, 6.45) is 0.963. The SMILES string of the molecule is CCc1ccc(S(=O)(=O)Oc2ccc(CC(=O)OC)cc2)cc1. The molecule has 0 fully saturated rings. The van der Waals surface area contributed by atoms with Gasteiger partial charge in [-0.15, -0.1) is 0 Å². The normalized spacial score (nSPS) is 11.0. The molecule has 0 unspecified atom stereocenters. The number of esters is 1. The number of hydrogen-bond donors (Lipinski definition) is 0. The number of carbonyl (C=O) groups excluding carboxylic acids is 1. The first-order chi connectivity index (χ1) is 10.9. The van der Waals surface area contributed by atoms with Crippen LogP contribution < -0.4 is 4.18 Å². The molecular weight excluding hydrogens is 316 g/mol. The molecule has 0 heterocycles. The summed E-state index contributed by atoms with van der Waals surface area (Å²) >= 11 is 0. The van der Waals surface area contributed by atoms with E-state index in [9.17, 15) is 13.2 Å². The van der Waals surface area contributed by atoms with Crippen molar-refractivity contribution in [2.45, 2.75) is 24.7 Å². The van der Waals surface area contributed by atoms with Crippen LogP contribution in [-0.4, -0.2) is 21.5 Å². The van der Waals surface area contributed by atoms with Crippen LogP contribution in [0.5, 0.6) is 5.75 Å². The highest BCUT2D eigenvalue weighted by Gasteiger charge is 2.16. The second-order valence-electron chi connectivity index (χ2n) is 4.93. The van der Waals surface area contributed by atoms with E-state index in [1.165, 1.54) is 31.4 Å². The maximum absolute atomic E-state index is 12.2. The summed E-state index contributed by atoms with van der Waals surface area (Å²) in [5, 5.41) is 0. The van der Waals surface area contributed by atoms with Gasteiger partial charge in [0.1, 0.15) is 10.6 Å². The first kappa shape index (κ1) is 17.0. The van der Waals surface area contributed by atoms with Crippen LogP contribution in [-0.2, 0) is 32.5 Å². The Morgan fingerprint density at radius 1 is 0.957 bits per heavy atom. The molecule has 0 N–H and O–H groups in total. The van der Waals surface area contributed by atoms with Crippen LogP contribution in [0.4, 0.5) is 0 Å². The molecule has 2 aromatic carbocycles. The molecule has 6 heteroatoms. The molecule has 0 aromatic heterocycles. The highest BCUT2D eigenvalue weighted by molar-refractivity contribution is 7.87. The summed E-state index contributed by atoms with van der Waals surface area (Å²) in [4.78, 5) is 11.3. The lowest BCUT2D eigenvalue weighted by Gasteiger charge is -2.08. The van der Waals surface area contributed by atoms with E-state index < -0.39 is 10.1 Å². The van der Waals surface area contributed by atoms with E-state index in [1.807, 2.05) is 6.92 Å². The van der Waals surface area contributed by atoms with Crippen molar-refractivity contribution >= 4 is 16.1 Å². The Kier molecular flexibility index (Phi) is 5.39. The Morgan fingerprint density at radius 3 is 2.04 bits per heavy atom. The Hall–Kier alpha value is -2.34.